The van der Waals surface area contributed by atoms with Crippen molar-refractivity contribution in [2.45, 2.75) is 44.2 Å². The first-order valence-corrected chi connectivity index (χ1v) is 9.70. The van der Waals surface area contributed by atoms with Crippen molar-refractivity contribution in [3.05, 3.63) is 35.9 Å². The van der Waals surface area contributed by atoms with Gasteiger partial charge in [0.05, 0.1) is 12.7 Å². The lowest BCUT2D eigenvalue weighted by Gasteiger charge is -2.33. The molecule has 1 aliphatic carbocycles. The van der Waals surface area contributed by atoms with Crippen molar-refractivity contribution in [1.82, 2.24) is 15.5 Å². The number of ether oxygens (including phenoxy) is 1. The second-order valence-corrected chi connectivity index (χ2v) is 7.14. The number of hydrogen-bond donors (Lipinski definition) is 2. The number of carbonyl (C=O) groups is 2. The molecular formula is C20H29N3O3. The lowest BCUT2D eigenvalue weighted by Crippen LogP contribution is -2.44. The predicted molar refractivity (Wildman–Crippen MR) is 99.6 cm³/mol. The third-order valence-corrected chi connectivity index (χ3v) is 5.16. The number of hydrogen-bond acceptors (Lipinski definition) is 4. The van der Waals surface area contributed by atoms with Gasteiger partial charge in [-0.15, -0.1) is 0 Å². The smallest absolute Gasteiger partial charge is 0.309 e. The summed E-state index contributed by atoms with van der Waals surface area (Å²) >= 11 is 0. The molecule has 0 aromatic heterocycles. The molecule has 1 aliphatic heterocycles. The summed E-state index contributed by atoms with van der Waals surface area (Å²) in [5.74, 6) is -1.01. The minimum atomic E-state index is -0.513. The molecule has 0 radical (unpaired) electrons. The first-order chi connectivity index (χ1) is 12.7. The van der Waals surface area contributed by atoms with Gasteiger partial charge in [-0.3, -0.25) is 14.5 Å². The third kappa shape index (κ3) is 5.54. The van der Waals surface area contributed by atoms with Crippen LogP contribution in [0.5, 0.6) is 0 Å². The Kier molecular flexibility index (Phi) is 7.03. The SMILES string of the molecule is O=C(NCCCN1CCO[C@@H](c2ccccc2)C1)C(=O)NC1CCCC1. The van der Waals surface area contributed by atoms with E-state index in [-0.39, 0.29) is 12.1 Å². The van der Waals surface area contributed by atoms with Crippen LogP contribution in [0, 0.1) is 0 Å². The number of nitrogens with zero attached hydrogens (tertiary/aromatic N) is 1. The average molecular weight is 359 g/mol. The number of morpholine rings is 1. The van der Waals surface area contributed by atoms with Gasteiger partial charge in [0.1, 0.15) is 0 Å². The van der Waals surface area contributed by atoms with Crippen molar-refractivity contribution in [1.29, 1.82) is 0 Å². The number of carbonyl (C=O) groups excluding carboxylic acids is 2. The molecule has 1 atom stereocenters. The maximum Gasteiger partial charge on any atom is 0.309 e. The zero-order valence-electron chi connectivity index (χ0n) is 15.3. The van der Waals surface area contributed by atoms with Gasteiger partial charge in [0.25, 0.3) is 0 Å². The Hall–Kier alpha value is -1.92. The highest BCUT2D eigenvalue weighted by atomic mass is 16.5. The van der Waals surface area contributed by atoms with Crippen molar-refractivity contribution in [3.8, 4) is 0 Å². The molecule has 3 rings (SSSR count). The van der Waals surface area contributed by atoms with Crippen LogP contribution >= 0.6 is 0 Å². The highest BCUT2D eigenvalue weighted by Gasteiger charge is 2.22. The summed E-state index contributed by atoms with van der Waals surface area (Å²) in [6.45, 7) is 3.89. The van der Waals surface area contributed by atoms with Crippen LogP contribution in [0.2, 0.25) is 0 Å². The van der Waals surface area contributed by atoms with Crippen molar-refractivity contribution in [2.75, 3.05) is 32.8 Å². The Morgan fingerprint density at radius 2 is 1.88 bits per heavy atom. The van der Waals surface area contributed by atoms with Crippen LogP contribution in [-0.2, 0) is 14.3 Å². The van der Waals surface area contributed by atoms with Gasteiger partial charge in [-0.25, -0.2) is 0 Å². The fourth-order valence-electron chi connectivity index (χ4n) is 3.68. The number of nitrogens with one attached hydrogen (secondary N) is 2. The molecule has 6 heteroatoms. The molecule has 1 heterocycles. The molecule has 26 heavy (non-hydrogen) atoms. The monoisotopic (exact) mass is 359 g/mol. The lowest BCUT2D eigenvalue weighted by molar-refractivity contribution is -0.139. The van der Waals surface area contributed by atoms with E-state index in [2.05, 4.69) is 27.7 Å². The Balaban J connectivity index is 1.32. The fraction of sp³-hybridized carbons (Fsp3) is 0.600. The first-order valence-electron chi connectivity index (χ1n) is 9.70. The summed E-state index contributed by atoms with van der Waals surface area (Å²) < 4.78 is 5.87. The van der Waals surface area contributed by atoms with Crippen LogP contribution in [0.25, 0.3) is 0 Å². The molecule has 1 aromatic carbocycles. The van der Waals surface area contributed by atoms with E-state index in [0.29, 0.717) is 6.54 Å². The van der Waals surface area contributed by atoms with E-state index >= 15 is 0 Å². The standard InChI is InChI=1S/C20H29N3O3/c24-19(20(25)22-17-9-4-5-10-17)21-11-6-12-23-13-14-26-18(15-23)16-7-2-1-3-8-16/h1-3,7-8,17-18H,4-6,9-15H2,(H,21,24)(H,22,25)/t18-/m1/s1. The molecule has 1 saturated carbocycles. The molecule has 6 nitrogen and oxygen atoms in total. The third-order valence-electron chi connectivity index (χ3n) is 5.16. The van der Waals surface area contributed by atoms with Crippen LogP contribution in [-0.4, -0.2) is 55.5 Å². The topological polar surface area (TPSA) is 70.7 Å². The lowest BCUT2D eigenvalue weighted by atomic mass is 10.1. The second-order valence-electron chi connectivity index (χ2n) is 7.14. The fourth-order valence-corrected chi connectivity index (χ4v) is 3.68. The van der Waals surface area contributed by atoms with E-state index in [1.54, 1.807) is 0 Å². The summed E-state index contributed by atoms with van der Waals surface area (Å²) in [4.78, 5) is 26.1. The summed E-state index contributed by atoms with van der Waals surface area (Å²) in [7, 11) is 0. The molecule has 1 aromatic rings. The van der Waals surface area contributed by atoms with E-state index in [1.807, 2.05) is 18.2 Å². The van der Waals surface area contributed by atoms with E-state index in [4.69, 9.17) is 4.74 Å². The quantitative estimate of drug-likeness (QED) is 0.598. The molecule has 142 valence electrons. The molecule has 2 fully saturated rings. The zero-order chi connectivity index (χ0) is 18.2. The molecule has 0 spiro atoms. The van der Waals surface area contributed by atoms with Crippen molar-refractivity contribution >= 4 is 11.8 Å². The van der Waals surface area contributed by atoms with Crippen molar-refractivity contribution in [2.24, 2.45) is 0 Å². The Bertz CT molecular complexity index is 587. The number of rotatable bonds is 6. The molecule has 2 aliphatic rings. The maximum atomic E-state index is 11.9. The number of amides is 2. The molecule has 0 unspecified atom stereocenters. The largest absolute Gasteiger partial charge is 0.371 e. The highest BCUT2D eigenvalue weighted by Crippen LogP contribution is 2.21. The molecule has 2 N–H and O–H groups in total. The van der Waals surface area contributed by atoms with E-state index in [1.165, 1.54) is 5.56 Å². The molecular weight excluding hydrogens is 330 g/mol. The van der Waals surface area contributed by atoms with Gasteiger partial charge in [-0.1, -0.05) is 43.2 Å². The van der Waals surface area contributed by atoms with Gasteiger partial charge in [-0.05, 0) is 24.8 Å². The van der Waals surface area contributed by atoms with E-state index in [9.17, 15) is 9.59 Å². The summed E-state index contributed by atoms with van der Waals surface area (Å²) in [6.07, 6.45) is 5.17. The highest BCUT2D eigenvalue weighted by molar-refractivity contribution is 6.35. The van der Waals surface area contributed by atoms with Crippen LogP contribution in [0.4, 0.5) is 0 Å². The normalized spacial score (nSPS) is 21.5. The molecule has 1 saturated heterocycles. The van der Waals surface area contributed by atoms with Gasteiger partial charge >= 0.3 is 11.8 Å². The first kappa shape index (κ1) is 18.9. The molecule has 2 amide bonds. The van der Waals surface area contributed by atoms with Crippen LogP contribution < -0.4 is 10.6 Å². The summed E-state index contributed by atoms with van der Waals surface area (Å²) in [6, 6.07) is 10.4. The summed E-state index contributed by atoms with van der Waals surface area (Å²) in [5, 5.41) is 5.54. The van der Waals surface area contributed by atoms with Crippen molar-refractivity contribution in [3.63, 3.8) is 0 Å². The van der Waals surface area contributed by atoms with Crippen LogP contribution in [0.1, 0.15) is 43.8 Å². The average Bonchev–Trinajstić information content (AvgIpc) is 3.19. The maximum absolute atomic E-state index is 11.9. The second kappa shape index (κ2) is 9.69. The predicted octanol–water partition coefficient (Wildman–Crippen LogP) is 1.62. The Morgan fingerprint density at radius 3 is 2.65 bits per heavy atom. The van der Waals surface area contributed by atoms with Gasteiger partial charge < -0.3 is 15.4 Å². The Morgan fingerprint density at radius 1 is 1.12 bits per heavy atom. The van der Waals surface area contributed by atoms with Gasteiger partial charge in [0, 0.05) is 32.2 Å². The molecule has 0 bridgehead atoms. The van der Waals surface area contributed by atoms with Gasteiger partial charge in [0.15, 0.2) is 0 Å². The van der Waals surface area contributed by atoms with Gasteiger partial charge in [0.2, 0.25) is 0 Å². The van der Waals surface area contributed by atoms with Crippen molar-refractivity contribution < 1.29 is 14.3 Å². The van der Waals surface area contributed by atoms with Crippen LogP contribution in [0.3, 0.4) is 0 Å². The Labute approximate surface area is 155 Å². The minimum Gasteiger partial charge on any atom is -0.371 e. The van der Waals surface area contributed by atoms with Gasteiger partial charge in [-0.2, -0.15) is 0 Å². The van der Waals surface area contributed by atoms with E-state index in [0.717, 1.165) is 58.3 Å². The minimum absolute atomic E-state index is 0.108. The zero-order valence-corrected chi connectivity index (χ0v) is 15.3. The summed E-state index contributed by atoms with van der Waals surface area (Å²) in [5.41, 5.74) is 1.20. The van der Waals surface area contributed by atoms with E-state index < -0.39 is 11.8 Å². The van der Waals surface area contributed by atoms with Crippen LogP contribution in [0.15, 0.2) is 30.3 Å². The number of benzene rings is 1.